The molecule has 0 bridgehead atoms. The van der Waals surface area contributed by atoms with E-state index in [2.05, 4.69) is 6.92 Å². The maximum absolute atomic E-state index is 10.8. The fourth-order valence-electron chi connectivity index (χ4n) is 3.29. The van der Waals surface area contributed by atoms with Crippen LogP contribution in [0.25, 0.3) is 0 Å². The minimum atomic E-state index is -4.21. The third kappa shape index (κ3) is 21.4. The van der Waals surface area contributed by atoms with Crippen molar-refractivity contribution in [2.45, 2.75) is 134 Å². The molecule has 27 heavy (non-hydrogen) atoms. The topological polar surface area (TPSA) is 77.4 Å². The zero-order valence-corrected chi connectivity index (χ0v) is 21.1. The van der Waals surface area contributed by atoms with E-state index in [9.17, 15) is 18.1 Å². The molecule has 0 spiro atoms. The summed E-state index contributed by atoms with van der Waals surface area (Å²) in [7, 11) is -4.21. The van der Waals surface area contributed by atoms with Crippen molar-refractivity contribution in [1.82, 2.24) is 0 Å². The molecule has 2 atom stereocenters. The van der Waals surface area contributed by atoms with Gasteiger partial charge in [-0.05, 0) is 26.2 Å². The molecule has 0 aromatic rings. The van der Waals surface area contributed by atoms with Crippen LogP contribution >= 0.6 is 0 Å². The third-order valence-electron chi connectivity index (χ3n) is 5.29. The first kappa shape index (κ1) is 30.1. The molecule has 4 nitrogen and oxygen atoms in total. The molecule has 1 N–H and O–H groups in total. The summed E-state index contributed by atoms with van der Waals surface area (Å²) < 4.78 is 32.4. The van der Waals surface area contributed by atoms with Gasteiger partial charge in [0.25, 0.3) is 0 Å². The van der Waals surface area contributed by atoms with Crippen molar-refractivity contribution < 1.29 is 47.6 Å². The SMILES string of the molecule is CCCCCCCCCCCCCCCCC(O)CCC(C)S(=O)(=O)[O-].[Na+]. The van der Waals surface area contributed by atoms with Gasteiger partial charge in [0.05, 0.1) is 16.2 Å². The predicted molar refractivity (Wildman–Crippen MR) is 109 cm³/mol. The van der Waals surface area contributed by atoms with Crippen LogP contribution in [0.1, 0.15) is 123 Å². The molecular formula is C21H43NaO4S. The summed E-state index contributed by atoms with van der Waals surface area (Å²) in [6, 6.07) is 0. The molecule has 0 saturated heterocycles. The van der Waals surface area contributed by atoms with E-state index in [0.29, 0.717) is 12.8 Å². The number of hydrogen-bond donors (Lipinski definition) is 1. The van der Waals surface area contributed by atoms with E-state index < -0.39 is 21.5 Å². The van der Waals surface area contributed by atoms with Crippen molar-refractivity contribution in [2.24, 2.45) is 0 Å². The summed E-state index contributed by atoms with van der Waals surface area (Å²) in [5.41, 5.74) is 0. The van der Waals surface area contributed by atoms with Gasteiger partial charge in [-0.1, -0.05) is 96.8 Å². The van der Waals surface area contributed by atoms with E-state index in [1.165, 1.54) is 84.0 Å². The Morgan fingerprint density at radius 2 is 1.07 bits per heavy atom. The Kier molecular flexibility index (Phi) is 22.4. The van der Waals surface area contributed by atoms with E-state index in [1.807, 2.05) is 0 Å². The molecule has 0 aliphatic rings. The minimum Gasteiger partial charge on any atom is -0.748 e. The molecule has 0 aromatic heterocycles. The van der Waals surface area contributed by atoms with Crippen molar-refractivity contribution in [2.75, 3.05) is 0 Å². The largest absolute Gasteiger partial charge is 1.00 e. The third-order valence-corrected chi connectivity index (χ3v) is 6.51. The van der Waals surface area contributed by atoms with E-state index in [1.54, 1.807) is 0 Å². The molecule has 0 fully saturated rings. The summed E-state index contributed by atoms with van der Waals surface area (Å²) in [5, 5.41) is 8.96. The molecule has 0 aliphatic heterocycles. The Morgan fingerprint density at radius 1 is 0.704 bits per heavy atom. The van der Waals surface area contributed by atoms with Gasteiger partial charge in [-0.3, -0.25) is 0 Å². The molecule has 0 heterocycles. The Hall–Kier alpha value is 0.870. The van der Waals surface area contributed by atoms with Crippen LogP contribution in [0.4, 0.5) is 0 Å². The molecule has 0 amide bonds. The zero-order chi connectivity index (χ0) is 19.7. The summed E-state index contributed by atoms with van der Waals surface area (Å²) in [6.07, 6.45) is 19.2. The maximum Gasteiger partial charge on any atom is 1.00 e. The monoisotopic (exact) mass is 414 g/mol. The Labute approximate surface area is 191 Å². The molecule has 0 aromatic carbocycles. The molecule has 0 saturated carbocycles. The average Bonchev–Trinajstić information content (AvgIpc) is 2.59. The van der Waals surface area contributed by atoms with Gasteiger partial charge in [0.1, 0.15) is 0 Å². The van der Waals surface area contributed by atoms with Gasteiger partial charge in [-0.15, -0.1) is 0 Å². The number of hydrogen-bond acceptors (Lipinski definition) is 4. The smallest absolute Gasteiger partial charge is 0.748 e. The van der Waals surface area contributed by atoms with Crippen LogP contribution in [-0.4, -0.2) is 29.4 Å². The van der Waals surface area contributed by atoms with Gasteiger partial charge >= 0.3 is 29.6 Å². The minimum absolute atomic E-state index is 0. The Bertz CT molecular complexity index is 401. The van der Waals surface area contributed by atoms with Crippen LogP contribution in [0.3, 0.4) is 0 Å². The number of unbranched alkanes of at least 4 members (excludes halogenated alkanes) is 13. The Balaban J connectivity index is 0. The summed E-state index contributed by atoms with van der Waals surface area (Å²) in [5.74, 6) is 0. The van der Waals surface area contributed by atoms with Crippen LogP contribution < -0.4 is 29.6 Å². The van der Waals surface area contributed by atoms with Crippen LogP contribution in [0.2, 0.25) is 0 Å². The molecule has 0 aliphatic carbocycles. The number of aliphatic hydroxyl groups is 1. The van der Waals surface area contributed by atoms with Crippen molar-refractivity contribution in [3.8, 4) is 0 Å². The first-order chi connectivity index (χ1) is 12.4. The van der Waals surface area contributed by atoms with Gasteiger partial charge in [0.2, 0.25) is 0 Å². The molecule has 158 valence electrons. The predicted octanol–water partition coefficient (Wildman–Crippen LogP) is 2.94. The second-order valence-corrected chi connectivity index (χ2v) is 9.71. The summed E-state index contributed by atoms with van der Waals surface area (Å²) >= 11 is 0. The molecule has 0 rings (SSSR count). The van der Waals surface area contributed by atoms with Gasteiger partial charge < -0.3 is 9.66 Å². The van der Waals surface area contributed by atoms with Crippen molar-refractivity contribution in [3.63, 3.8) is 0 Å². The van der Waals surface area contributed by atoms with Crippen LogP contribution in [0.5, 0.6) is 0 Å². The quantitative estimate of drug-likeness (QED) is 0.200. The number of aliphatic hydroxyl groups excluding tert-OH is 1. The molecule has 6 heteroatoms. The summed E-state index contributed by atoms with van der Waals surface area (Å²) in [6.45, 7) is 3.68. The number of rotatable bonds is 19. The summed E-state index contributed by atoms with van der Waals surface area (Å²) in [4.78, 5) is 0. The maximum atomic E-state index is 10.8. The second-order valence-electron chi connectivity index (χ2n) is 7.92. The van der Waals surface area contributed by atoms with Crippen molar-refractivity contribution >= 4 is 10.1 Å². The fourth-order valence-corrected chi connectivity index (χ4v) is 3.72. The molecule has 2 unspecified atom stereocenters. The molecule has 0 radical (unpaired) electrons. The van der Waals surface area contributed by atoms with E-state index in [4.69, 9.17) is 0 Å². The van der Waals surface area contributed by atoms with Gasteiger partial charge in [-0.2, -0.15) is 0 Å². The van der Waals surface area contributed by atoms with E-state index in [0.717, 1.165) is 12.8 Å². The van der Waals surface area contributed by atoms with Gasteiger partial charge in [0.15, 0.2) is 0 Å². The van der Waals surface area contributed by atoms with Crippen molar-refractivity contribution in [3.05, 3.63) is 0 Å². The first-order valence-electron chi connectivity index (χ1n) is 11.0. The van der Waals surface area contributed by atoms with E-state index >= 15 is 0 Å². The standard InChI is InChI=1S/C21H44O4S.Na/c1-3-4-5-6-7-8-9-10-11-12-13-14-15-16-17-21(22)19-18-20(2)26(23,24)25;/h20-22H,3-19H2,1-2H3,(H,23,24,25);/q;+1/p-1. The zero-order valence-electron chi connectivity index (χ0n) is 18.3. The van der Waals surface area contributed by atoms with Gasteiger partial charge in [-0.25, -0.2) is 8.42 Å². The molecular weight excluding hydrogens is 371 g/mol. The van der Waals surface area contributed by atoms with Crippen molar-refractivity contribution in [1.29, 1.82) is 0 Å². The average molecular weight is 415 g/mol. The van der Waals surface area contributed by atoms with Crippen LogP contribution in [-0.2, 0) is 10.1 Å². The normalized spacial score (nSPS) is 13.9. The first-order valence-corrected chi connectivity index (χ1v) is 12.5. The van der Waals surface area contributed by atoms with Gasteiger partial charge in [0, 0.05) is 5.25 Å². The van der Waals surface area contributed by atoms with Crippen LogP contribution in [0, 0.1) is 0 Å². The van der Waals surface area contributed by atoms with E-state index in [-0.39, 0.29) is 36.0 Å². The second kappa shape index (κ2) is 20.2. The Morgan fingerprint density at radius 3 is 1.44 bits per heavy atom. The van der Waals surface area contributed by atoms with Crippen LogP contribution in [0.15, 0.2) is 0 Å². The fraction of sp³-hybridized carbons (Fsp3) is 1.00.